The van der Waals surface area contributed by atoms with Crippen molar-refractivity contribution in [3.63, 3.8) is 0 Å². The van der Waals surface area contributed by atoms with Gasteiger partial charge in [-0.3, -0.25) is 0 Å². The third kappa shape index (κ3) is 4.27. The summed E-state index contributed by atoms with van der Waals surface area (Å²) >= 11 is 0. The van der Waals surface area contributed by atoms with Crippen LogP contribution in [-0.2, 0) is 5.41 Å². The summed E-state index contributed by atoms with van der Waals surface area (Å²) in [5.41, 5.74) is 19.0. The van der Waals surface area contributed by atoms with Crippen LogP contribution in [0.5, 0.6) is 0 Å². The summed E-state index contributed by atoms with van der Waals surface area (Å²) in [5, 5.41) is 2.60. The van der Waals surface area contributed by atoms with Crippen molar-refractivity contribution in [3.8, 4) is 55.6 Å². The van der Waals surface area contributed by atoms with E-state index in [9.17, 15) is 0 Å². The fourth-order valence-corrected chi connectivity index (χ4v) is 8.54. The average Bonchev–Trinajstić information content (AvgIpc) is 3.62. The van der Waals surface area contributed by atoms with Crippen molar-refractivity contribution in [2.24, 2.45) is 0 Å². The maximum absolute atomic E-state index is 2.47. The maximum atomic E-state index is 2.47. The molecule has 0 saturated carbocycles. The quantitative estimate of drug-likeness (QED) is 0.181. The van der Waals surface area contributed by atoms with E-state index >= 15 is 0 Å². The molecule has 2 aliphatic carbocycles. The van der Waals surface area contributed by atoms with E-state index in [-0.39, 0.29) is 5.41 Å². The lowest BCUT2D eigenvalue weighted by Crippen LogP contribution is -2.16. The highest BCUT2D eigenvalue weighted by Crippen LogP contribution is 2.53. The number of benzene rings is 8. The molecule has 0 fully saturated rings. The largest absolute Gasteiger partial charge is 0.310 e. The van der Waals surface area contributed by atoms with Gasteiger partial charge in [-0.25, -0.2) is 0 Å². The highest BCUT2D eigenvalue weighted by Gasteiger charge is 2.36. The third-order valence-corrected chi connectivity index (χ3v) is 11.0. The molecule has 0 unspecified atom stereocenters. The van der Waals surface area contributed by atoms with Gasteiger partial charge < -0.3 is 4.90 Å². The molecule has 0 saturated heterocycles. The van der Waals surface area contributed by atoms with Crippen molar-refractivity contribution in [2.75, 3.05) is 4.90 Å². The van der Waals surface area contributed by atoms with Gasteiger partial charge in [-0.15, -0.1) is 0 Å². The SMILES string of the molecule is CC1(C)c2ccccc2-c2ccc(N(c3ccc(-c4ccc(-c5ccccc5)cc4)cc3)c3ccc4c5c(cccc35)-c3ccccc3-4)cc21. The molecule has 0 radical (unpaired) electrons. The molecule has 50 heavy (non-hydrogen) atoms. The number of hydrogen-bond acceptors (Lipinski definition) is 1. The van der Waals surface area contributed by atoms with Gasteiger partial charge in [-0.05, 0) is 102 Å². The molecule has 0 bridgehead atoms. The zero-order valence-corrected chi connectivity index (χ0v) is 28.2. The maximum Gasteiger partial charge on any atom is 0.0540 e. The minimum atomic E-state index is -0.0902. The Morgan fingerprint density at radius 3 is 1.56 bits per heavy atom. The molecule has 0 N–H and O–H groups in total. The fraction of sp³-hybridized carbons (Fsp3) is 0.0612. The highest BCUT2D eigenvalue weighted by atomic mass is 15.1. The van der Waals surface area contributed by atoms with Crippen LogP contribution in [-0.4, -0.2) is 0 Å². The van der Waals surface area contributed by atoms with Crippen molar-refractivity contribution in [2.45, 2.75) is 19.3 Å². The summed E-state index contributed by atoms with van der Waals surface area (Å²) in [7, 11) is 0. The van der Waals surface area contributed by atoms with Crippen molar-refractivity contribution in [1.29, 1.82) is 0 Å². The topological polar surface area (TPSA) is 3.24 Å². The third-order valence-electron chi connectivity index (χ3n) is 11.0. The van der Waals surface area contributed by atoms with E-state index in [4.69, 9.17) is 0 Å². The first-order chi connectivity index (χ1) is 24.6. The summed E-state index contributed by atoms with van der Waals surface area (Å²) < 4.78 is 0. The molecule has 1 nitrogen and oxygen atoms in total. The molecular weight excluding hydrogens is 603 g/mol. The molecule has 8 aromatic carbocycles. The second-order valence-corrected chi connectivity index (χ2v) is 14.1. The average molecular weight is 638 g/mol. The lowest BCUT2D eigenvalue weighted by atomic mass is 9.82. The Labute approximate surface area is 293 Å². The monoisotopic (exact) mass is 637 g/mol. The highest BCUT2D eigenvalue weighted by molar-refractivity contribution is 6.19. The zero-order valence-electron chi connectivity index (χ0n) is 28.2. The van der Waals surface area contributed by atoms with E-state index in [0.717, 1.165) is 5.69 Å². The first-order valence-corrected chi connectivity index (χ1v) is 17.5. The van der Waals surface area contributed by atoms with Gasteiger partial charge in [0.25, 0.3) is 0 Å². The molecule has 236 valence electrons. The Bertz CT molecular complexity index is 2560. The summed E-state index contributed by atoms with van der Waals surface area (Å²) in [6, 6.07) is 64.8. The molecule has 0 aromatic heterocycles. The van der Waals surface area contributed by atoms with Crippen molar-refractivity contribution >= 4 is 27.8 Å². The van der Waals surface area contributed by atoms with Crippen molar-refractivity contribution in [1.82, 2.24) is 0 Å². The van der Waals surface area contributed by atoms with Crippen molar-refractivity contribution in [3.05, 3.63) is 187 Å². The van der Waals surface area contributed by atoms with Gasteiger partial charge in [-0.1, -0.05) is 159 Å². The Hall–Kier alpha value is -6.18. The number of fused-ring (bicyclic) bond motifs is 6. The normalized spacial score (nSPS) is 13.2. The van der Waals surface area contributed by atoms with Gasteiger partial charge in [0.1, 0.15) is 0 Å². The molecule has 10 rings (SSSR count). The fourth-order valence-electron chi connectivity index (χ4n) is 8.54. The molecule has 0 spiro atoms. The van der Waals surface area contributed by atoms with Gasteiger partial charge in [0, 0.05) is 22.2 Å². The van der Waals surface area contributed by atoms with E-state index in [1.165, 1.54) is 88.9 Å². The van der Waals surface area contributed by atoms with E-state index < -0.39 is 0 Å². The standard InChI is InChI=1S/C49H35N/c1-49(2)45-18-9-8-15-40(45)41-28-27-37(31-46(41)49)50(47-30-29-43-39-14-7-6-13-38(39)42-16-10-17-44(47)48(42)43)36-25-23-35(24-26-36)34-21-19-33(20-22-34)32-11-4-3-5-12-32/h3-31H,1-2H3. The van der Waals surface area contributed by atoms with E-state index in [2.05, 4.69) is 195 Å². The molecule has 0 heterocycles. The van der Waals surface area contributed by atoms with Crippen LogP contribution in [0.4, 0.5) is 17.1 Å². The lowest BCUT2D eigenvalue weighted by Gasteiger charge is -2.29. The van der Waals surface area contributed by atoms with Crippen LogP contribution >= 0.6 is 0 Å². The Morgan fingerprint density at radius 2 is 0.860 bits per heavy atom. The molecule has 0 atom stereocenters. The Balaban J connectivity index is 1.12. The Morgan fingerprint density at radius 1 is 0.360 bits per heavy atom. The number of anilines is 3. The first kappa shape index (κ1) is 28.8. The van der Waals surface area contributed by atoms with Gasteiger partial charge in [0.2, 0.25) is 0 Å². The molecular formula is C49H35N. The van der Waals surface area contributed by atoms with Crippen LogP contribution in [0.15, 0.2) is 176 Å². The molecule has 8 aromatic rings. The van der Waals surface area contributed by atoms with E-state index in [1.807, 2.05) is 0 Å². The summed E-state index contributed by atoms with van der Waals surface area (Å²) in [6.45, 7) is 4.72. The van der Waals surface area contributed by atoms with Crippen LogP contribution in [0.1, 0.15) is 25.0 Å². The zero-order chi connectivity index (χ0) is 33.4. The van der Waals surface area contributed by atoms with Crippen molar-refractivity contribution < 1.29 is 0 Å². The number of nitrogens with zero attached hydrogens (tertiary/aromatic N) is 1. The van der Waals surface area contributed by atoms with Gasteiger partial charge in [0.05, 0.1) is 5.69 Å². The van der Waals surface area contributed by atoms with Gasteiger partial charge in [-0.2, -0.15) is 0 Å². The predicted molar refractivity (Wildman–Crippen MR) is 211 cm³/mol. The minimum absolute atomic E-state index is 0.0902. The van der Waals surface area contributed by atoms with Crippen LogP contribution in [0.2, 0.25) is 0 Å². The number of rotatable bonds is 5. The summed E-state index contributed by atoms with van der Waals surface area (Å²) in [6.07, 6.45) is 0. The minimum Gasteiger partial charge on any atom is -0.310 e. The summed E-state index contributed by atoms with van der Waals surface area (Å²) in [5.74, 6) is 0. The van der Waals surface area contributed by atoms with Crippen LogP contribution in [0, 0.1) is 0 Å². The van der Waals surface area contributed by atoms with Gasteiger partial charge >= 0.3 is 0 Å². The Kier molecular flexibility index (Phi) is 6.29. The smallest absolute Gasteiger partial charge is 0.0540 e. The van der Waals surface area contributed by atoms with Crippen LogP contribution in [0.3, 0.4) is 0 Å². The van der Waals surface area contributed by atoms with E-state index in [0.29, 0.717) is 0 Å². The number of hydrogen-bond donors (Lipinski definition) is 0. The van der Waals surface area contributed by atoms with E-state index in [1.54, 1.807) is 0 Å². The summed E-state index contributed by atoms with van der Waals surface area (Å²) in [4.78, 5) is 2.47. The van der Waals surface area contributed by atoms with Gasteiger partial charge in [0.15, 0.2) is 0 Å². The second-order valence-electron chi connectivity index (χ2n) is 14.1. The van der Waals surface area contributed by atoms with Crippen LogP contribution in [0.25, 0.3) is 66.4 Å². The molecule has 0 aliphatic heterocycles. The molecule has 1 heteroatoms. The van der Waals surface area contributed by atoms with Crippen LogP contribution < -0.4 is 4.90 Å². The molecule has 2 aliphatic rings. The second kappa shape index (κ2) is 10.9. The first-order valence-electron chi connectivity index (χ1n) is 17.5. The predicted octanol–water partition coefficient (Wildman–Crippen LogP) is 13.6. The molecule has 0 amide bonds. The lowest BCUT2D eigenvalue weighted by molar-refractivity contribution is 0.660.